The van der Waals surface area contributed by atoms with E-state index >= 15 is 0 Å². The summed E-state index contributed by atoms with van der Waals surface area (Å²) in [4.78, 5) is 15.0. The van der Waals surface area contributed by atoms with Crippen molar-refractivity contribution in [2.45, 2.75) is 13.3 Å². The number of nitrogens with zero attached hydrogens (tertiary/aromatic N) is 1. The van der Waals surface area contributed by atoms with Gasteiger partial charge in [0, 0.05) is 10.9 Å². The van der Waals surface area contributed by atoms with Crippen molar-refractivity contribution in [3.8, 4) is 11.3 Å². The molecule has 1 heterocycles. The van der Waals surface area contributed by atoms with Gasteiger partial charge in [0.15, 0.2) is 0 Å². The number of rotatable bonds is 3. The molecule has 1 aromatic carbocycles. The quantitative estimate of drug-likeness (QED) is 0.886. The minimum absolute atomic E-state index is 0.0525. The summed E-state index contributed by atoms with van der Waals surface area (Å²) in [6, 6.07) is 7.50. The van der Waals surface area contributed by atoms with Crippen LogP contribution in [0, 0.1) is 6.92 Å². The van der Waals surface area contributed by atoms with Crippen LogP contribution in [0.3, 0.4) is 0 Å². The van der Waals surface area contributed by atoms with E-state index in [-0.39, 0.29) is 6.42 Å². The minimum Gasteiger partial charge on any atom is -0.481 e. The van der Waals surface area contributed by atoms with Gasteiger partial charge in [0.1, 0.15) is 0 Å². The van der Waals surface area contributed by atoms with Crippen LogP contribution in [0.4, 0.5) is 0 Å². The summed E-state index contributed by atoms with van der Waals surface area (Å²) in [7, 11) is 0. The summed E-state index contributed by atoms with van der Waals surface area (Å²) in [5.74, 6) is -0.813. The molecular weight excluding hydrogens is 222 g/mol. The Bertz CT molecular complexity index is 519. The lowest BCUT2D eigenvalue weighted by Gasteiger charge is -2.00. The van der Waals surface area contributed by atoms with Crippen LogP contribution in [0.25, 0.3) is 11.3 Å². The Kier molecular flexibility index (Phi) is 3.01. The summed E-state index contributed by atoms with van der Waals surface area (Å²) in [5.41, 5.74) is 2.69. The molecule has 2 rings (SSSR count). The Hall–Kier alpha value is -1.68. The predicted octanol–water partition coefficient (Wildman–Crippen LogP) is 2.75. The van der Waals surface area contributed by atoms with Crippen molar-refractivity contribution in [1.82, 2.24) is 4.98 Å². The average molecular weight is 233 g/mol. The maximum absolute atomic E-state index is 10.6. The highest BCUT2D eigenvalue weighted by Gasteiger charge is 2.05. The van der Waals surface area contributed by atoms with Gasteiger partial charge in [-0.15, -0.1) is 11.3 Å². The van der Waals surface area contributed by atoms with Gasteiger partial charge in [-0.2, -0.15) is 0 Å². The first kappa shape index (κ1) is 10.8. The second kappa shape index (κ2) is 4.45. The maximum Gasteiger partial charge on any atom is 0.307 e. The smallest absolute Gasteiger partial charge is 0.307 e. The van der Waals surface area contributed by atoms with Crippen LogP contribution in [0.5, 0.6) is 0 Å². The summed E-state index contributed by atoms with van der Waals surface area (Å²) in [6.45, 7) is 1.95. The van der Waals surface area contributed by atoms with Crippen LogP contribution >= 0.6 is 11.3 Å². The second-order valence-electron chi connectivity index (χ2n) is 3.52. The molecule has 0 saturated carbocycles. The highest BCUT2D eigenvalue weighted by molar-refractivity contribution is 7.09. The van der Waals surface area contributed by atoms with E-state index < -0.39 is 5.97 Å². The standard InChI is InChI=1S/C12H11NO2S/c1-8-13-11(7-16-8)10-4-2-3-9(5-10)6-12(14)15/h2-5,7H,6H2,1H3,(H,14,15). The fourth-order valence-corrected chi connectivity index (χ4v) is 2.13. The number of thiazole rings is 1. The monoisotopic (exact) mass is 233 g/mol. The van der Waals surface area contributed by atoms with Gasteiger partial charge in [0.25, 0.3) is 0 Å². The van der Waals surface area contributed by atoms with Crippen molar-refractivity contribution < 1.29 is 9.90 Å². The number of aryl methyl sites for hydroxylation is 1. The average Bonchev–Trinajstić information content (AvgIpc) is 2.64. The fourth-order valence-electron chi connectivity index (χ4n) is 1.51. The molecule has 82 valence electrons. The van der Waals surface area contributed by atoms with Gasteiger partial charge >= 0.3 is 5.97 Å². The lowest BCUT2D eigenvalue weighted by molar-refractivity contribution is -0.136. The normalized spacial score (nSPS) is 10.3. The SMILES string of the molecule is Cc1nc(-c2cccc(CC(=O)O)c2)cs1. The highest BCUT2D eigenvalue weighted by atomic mass is 32.1. The Morgan fingerprint density at radius 3 is 2.94 bits per heavy atom. The molecular formula is C12H11NO2S. The molecule has 0 atom stereocenters. The summed E-state index contributed by atoms with van der Waals surface area (Å²) in [5, 5.41) is 11.7. The van der Waals surface area contributed by atoms with Gasteiger partial charge in [-0.25, -0.2) is 4.98 Å². The zero-order valence-electron chi connectivity index (χ0n) is 8.80. The zero-order chi connectivity index (χ0) is 11.5. The minimum atomic E-state index is -0.813. The number of carboxylic acids is 1. The van der Waals surface area contributed by atoms with E-state index in [4.69, 9.17) is 5.11 Å². The molecule has 0 unspecified atom stereocenters. The molecule has 0 amide bonds. The molecule has 0 aliphatic carbocycles. The molecule has 0 radical (unpaired) electrons. The second-order valence-corrected chi connectivity index (χ2v) is 4.58. The van der Waals surface area contributed by atoms with Gasteiger partial charge in [0.2, 0.25) is 0 Å². The van der Waals surface area contributed by atoms with Gasteiger partial charge in [-0.05, 0) is 18.6 Å². The molecule has 1 N–H and O–H groups in total. The Morgan fingerprint density at radius 2 is 2.31 bits per heavy atom. The largest absolute Gasteiger partial charge is 0.481 e. The third-order valence-electron chi connectivity index (χ3n) is 2.20. The van der Waals surface area contributed by atoms with Crippen molar-refractivity contribution in [2.24, 2.45) is 0 Å². The van der Waals surface area contributed by atoms with Crippen LogP contribution < -0.4 is 0 Å². The Morgan fingerprint density at radius 1 is 1.50 bits per heavy atom. The summed E-state index contributed by atoms with van der Waals surface area (Å²) < 4.78 is 0. The van der Waals surface area contributed by atoms with Crippen molar-refractivity contribution in [1.29, 1.82) is 0 Å². The van der Waals surface area contributed by atoms with Crippen molar-refractivity contribution in [3.05, 3.63) is 40.2 Å². The fraction of sp³-hybridized carbons (Fsp3) is 0.167. The van der Waals surface area contributed by atoms with Gasteiger partial charge < -0.3 is 5.11 Å². The van der Waals surface area contributed by atoms with E-state index in [0.717, 1.165) is 21.8 Å². The zero-order valence-corrected chi connectivity index (χ0v) is 9.62. The number of hydrogen-bond donors (Lipinski definition) is 1. The van der Waals surface area contributed by atoms with Gasteiger partial charge in [-0.1, -0.05) is 18.2 Å². The Labute approximate surface area is 97.4 Å². The summed E-state index contributed by atoms with van der Waals surface area (Å²) in [6.07, 6.45) is 0.0525. The van der Waals surface area contributed by atoms with E-state index in [1.807, 2.05) is 36.6 Å². The lowest BCUT2D eigenvalue weighted by Crippen LogP contribution is -1.99. The molecule has 0 bridgehead atoms. The molecule has 0 spiro atoms. The molecule has 2 aromatic rings. The first-order chi connectivity index (χ1) is 7.65. The van der Waals surface area contributed by atoms with Crippen LogP contribution in [-0.4, -0.2) is 16.1 Å². The molecule has 0 saturated heterocycles. The van der Waals surface area contributed by atoms with E-state index in [1.54, 1.807) is 11.3 Å². The number of aliphatic carboxylic acids is 1. The van der Waals surface area contributed by atoms with Gasteiger partial charge in [-0.3, -0.25) is 4.79 Å². The highest BCUT2D eigenvalue weighted by Crippen LogP contribution is 2.22. The van der Waals surface area contributed by atoms with E-state index in [1.165, 1.54) is 0 Å². The predicted molar refractivity (Wildman–Crippen MR) is 63.6 cm³/mol. The molecule has 1 aromatic heterocycles. The van der Waals surface area contributed by atoms with E-state index in [0.29, 0.717) is 0 Å². The first-order valence-corrected chi connectivity index (χ1v) is 5.76. The third kappa shape index (κ3) is 2.46. The molecule has 3 nitrogen and oxygen atoms in total. The number of carboxylic acid groups (broad SMARTS) is 1. The Balaban J connectivity index is 2.32. The molecule has 0 aliphatic rings. The molecule has 0 fully saturated rings. The van der Waals surface area contributed by atoms with Crippen molar-refractivity contribution in [2.75, 3.05) is 0 Å². The van der Waals surface area contributed by atoms with E-state index in [9.17, 15) is 4.79 Å². The number of carbonyl (C=O) groups is 1. The van der Waals surface area contributed by atoms with Gasteiger partial charge in [0.05, 0.1) is 17.1 Å². The lowest BCUT2D eigenvalue weighted by atomic mass is 10.1. The molecule has 0 aliphatic heterocycles. The maximum atomic E-state index is 10.6. The number of hydrogen-bond acceptors (Lipinski definition) is 3. The molecule has 4 heteroatoms. The number of aromatic nitrogens is 1. The van der Waals surface area contributed by atoms with Crippen LogP contribution in [-0.2, 0) is 11.2 Å². The third-order valence-corrected chi connectivity index (χ3v) is 2.97. The van der Waals surface area contributed by atoms with Crippen LogP contribution in [0.15, 0.2) is 29.6 Å². The van der Waals surface area contributed by atoms with E-state index in [2.05, 4.69) is 4.98 Å². The first-order valence-electron chi connectivity index (χ1n) is 4.88. The number of benzene rings is 1. The van der Waals surface area contributed by atoms with Crippen LogP contribution in [0.1, 0.15) is 10.6 Å². The van der Waals surface area contributed by atoms with Crippen molar-refractivity contribution >= 4 is 17.3 Å². The molecule has 16 heavy (non-hydrogen) atoms. The van der Waals surface area contributed by atoms with Crippen LogP contribution in [0.2, 0.25) is 0 Å². The topological polar surface area (TPSA) is 50.2 Å². The van der Waals surface area contributed by atoms with Crippen molar-refractivity contribution in [3.63, 3.8) is 0 Å². The summed E-state index contributed by atoms with van der Waals surface area (Å²) >= 11 is 1.59.